The van der Waals surface area contributed by atoms with Gasteiger partial charge in [0.25, 0.3) is 5.91 Å². The number of alkyl halides is 11. The maximum absolute atomic E-state index is 14.3. The number of aromatic nitrogens is 2. The maximum atomic E-state index is 14.3. The monoisotopic (exact) mass is 403 g/mol. The zero-order chi connectivity index (χ0) is 20.4. The van der Waals surface area contributed by atoms with Gasteiger partial charge in [-0.1, -0.05) is 0 Å². The minimum absolute atomic E-state index is 0.738. The van der Waals surface area contributed by atoms with E-state index in [1.54, 1.807) is 0 Å². The minimum Gasteiger partial charge on any atom is -0.291 e. The van der Waals surface area contributed by atoms with Crippen LogP contribution in [0, 0.1) is 0 Å². The van der Waals surface area contributed by atoms with Crippen molar-refractivity contribution < 1.29 is 53.1 Å². The molecule has 0 atom stereocenters. The Hall–Kier alpha value is -2.22. The van der Waals surface area contributed by atoms with Crippen LogP contribution in [0.5, 0.6) is 0 Å². The molecule has 2 rings (SSSR count). The topological polar surface area (TPSA) is 54.9 Å². The van der Waals surface area contributed by atoms with Gasteiger partial charge in [0.05, 0.1) is 0 Å². The van der Waals surface area contributed by atoms with Crippen LogP contribution in [0.2, 0.25) is 0 Å². The highest BCUT2D eigenvalue weighted by atomic mass is 19.4. The maximum Gasteiger partial charge on any atom is 0.384 e. The number of hydrogen-bond acceptors (Lipinski definition) is 3. The molecule has 26 heavy (non-hydrogen) atoms. The first-order valence-corrected chi connectivity index (χ1v) is 6.16. The molecule has 1 saturated carbocycles. The van der Waals surface area contributed by atoms with Gasteiger partial charge in [0.2, 0.25) is 5.95 Å². The summed E-state index contributed by atoms with van der Waals surface area (Å²) in [6.45, 7) is 0. The first kappa shape index (κ1) is 20.1. The molecule has 0 saturated heterocycles. The molecule has 1 fully saturated rings. The average molecular weight is 403 g/mol. The van der Waals surface area contributed by atoms with Crippen molar-refractivity contribution in [3.8, 4) is 0 Å². The number of rotatable bonds is 2. The van der Waals surface area contributed by atoms with E-state index in [9.17, 15) is 53.1 Å². The molecule has 1 aromatic heterocycles. The van der Waals surface area contributed by atoms with Gasteiger partial charge < -0.3 is 0 Å². The number of hydrogen-bond donors (Lipinski definition) is 1. The molecule has 1 amide bonds. The molecule has 0 unspecified atom stereocenters. The zero-order valence-corrected chi connectivity index (χ0v) is 11.7. The third-order valence-corrected chi connectivity index (χ3v) is 3.55. The fourth-order valence-corrected chi connectivity index (χ4v) is 2.06. The quantitative estimate of drug-likeness (QED) is 0.772. The third-order valence-electron chi connectivity index (χ3n) is 3.55. The highest BCUT2D eigenvalue weighted by Crippen LogP contribution is 2.69. The van der Waals surface area contributed by atoms with Crippen molar-refractivity contribution >= 4 is 11.9 Å². The molecule has 0 aliphatic heterocycles. The molecule has 0 aromatic carbocycles. The molecule has 146 valence electrons. The van der Waals surface area contributed by atoms with E-state index >= 15 is 0 Å². The van der Waals surface area contributed by atoms with E-state index in [1.807, 2.05) is 0 Å². The molecule has 1 aromatic rings. The molecule has 0 radical (unpaired) electrons. The van der Waals surface area contributed by atoms with Crippen molar-refractivity contribution in [1.29, 1.82) is 0 Å². The number of halogens is 11. The number of anilines is 1. The van der Waals surface area contributed by atoms with Crippen LogP contribution in [0.4, 0.5) is 54.2 Å². The van der Waals surface area contributed by atoms with E-state index < -0.39 is 47.1 Å². The van der Waals surface area contributed by atoms with Gasteiger partial charge in [-0.25, -0.2) is 14.4 Å². The first-order chi connectivity index (χ1) is 11.5. The van der Waals surface area contributed by atoms with Gasteiger partial charge in [0.15, 0.2) is 0 Å². The molecular weight excluding hydrogens is 399 g/mol. The summed E-state index contributed by atoms with van der Waals surface area (Å²) in [4.78, 5) is 17.5. The number of carbonyl (C=O) groups excluding carboxylic acids is 1. The Labute approximate surface area is 135 Å². The Morgan fingerprint density at radius 1 is 0.692 bits per heavy atom. The smallest absolute Gasteiger partial charge is 0.291 e. The molecule has 0 spiro atoms. The highest BCUT2D eigenvalue weighted by molar-refractivity contribution is 5.98. The second-order valence-corrected chi connectivity index (χ2v) is 5.06. The Morgan fingerprint density at radius 3 is 1.42 bits per heavy atom. The molecule has 1 aliphatic carbocycles. The molecule has 0 bridgehead atoms. The van der Waals surface area contributed by atoms with E-state index in [0.717, 1.165) is 23.8 Å². The summed E-state index contributed by atoms with van der Waals surface area (Å²) < 4.78 is 148. The predicted octanol–water partition coefficient (Wildman–Crippen LogP) is 3.31. The van der Waals surface area contributed by atoms with Crippen molar-refractivity contribution in [3.63, 3.8) is 0 Å². The fraction of sp³-hybridized carbons (Fsp3) is 0.545. The van der Waals surface area contributed by atoms with Crippen LogP contribution in [0.25, 0.3) is 0 Å². The van der Waals surface area contributed by atoms with Gasteiger partial charge in [-0.2, -0.15) is 43.9 Å². The largest absolute Gasteiger partial charge is 0.384 e. The van der Waals surface area contributed by atoms with Gasteiger partial charge in [-0.3, -0.25) is 10.1 Å². The Kier molecular flexibility index (Phi) is 3.99. The van der Waals surface area contributed by atoms with Crippen molar-refractivity contribution in [3.05, 3.63) is 18.5 Å². The lowest BCUT2D eigenvalue weighted by molar-refractivity contribution is -0.475. The van der Waals surface area contributed by atoms with Gasteiger partial charge in [-0.15, -0.1) is 0 Å². The fourth-order valence-electron chi connectivity index (χ4n) is 2.06. The first-order valence-electron chi connectivity index (χ1n) is 6.16. The second-order valence-electron chi connectivity index (χ2n) is 5.06. The van der Waals surface area contributed by atoms with Crippen LogP contribution in [-0.2, 0) is 4.79 Å². The highest BCUT2D eigenvalue weighted by Gasteiger charge is 3.02. The summed E-state index contributed by atoms with van der Waals surface area (Å²) in [7, 11) is 0. The number of amides is 1. The van der Waals surface area contributed by atoms with E-state index in [1.165, 1.54) is 0 Å². The van der Waals surface area contributed by atoms with Crippen molar-refractivity contribution in [2.45, 2.75) is 35.3 Å². The molecule has 1 aliphatic rings. The van der Waals surface area contributed by atoms with Crippen LogP contribution in [-0.4, -0.2) is 51.2 Å². The van der Waals surface area contributed by atoms with Gasteiger partial charge >= 0.3 is 35.3 Å². The molecule has 15 heteroatoms. The van der Waals surface area contributed by atoms with Crippen LogP contribution in [0.3, 0.4) is 0 Å². The lowest BCUT2D eigenvalue weighted by atomic mass is 9.71. The Balaban J connectivity index is 2.69. The van der Waals surface area contributed by atoms with Crippen molar-refractivity contribution in [2.75, 3.05) is 5.32 Å². The molecule has 1 N–H and O–H groups in total. The van der Waals surface area contributed by atoms with Crippen LogP contribution in [0.1, 0.15) is 0 Å². The standard InChI is InChI=1S/C11H4F11N3O/c12-6(4(26)25-5-23-2-1-3-24-5)7(13,14)9(17,18)11(21,22)10(19,20)8(6,15)16/h1-3H,(H,23,24,25,26). The molecule has 1 heterocycles. The Bertz CT molecular complexity index is 691. The van der Waals surface area contributed by atoms with E-state index in [-0.39, 0.29) is 0 Å². The lowest BCUT2D eigenvalue weighted by Crippen LogP contribution is -2.86. The number of nitrogens with zero attached hydrogens (tertiary/aromatic N) is 2. The van der Waals surface area contributed by atoms with E-state index in [4.69, 9.17) is 0 Å². The summed E-state index contributed by atoms with van der Waals surface area (Å²) >= 11 is 0. The van der Waals surface area contributed by atoms with Gasteiger partial charge in [0.1, 0.15) is 0 Å². The van der Waals surface area contributed by atoms with E-state index in [0.29, 0.717) is 0 Å². The second kappa shape index (κ2) is 5.16. The lowest BCUT2D eigenvalue weighted by Gasteiger charge is -2.51. The van der Waals surface area contributed by atoms with Crippen LogP contribution < -0.4 is 5.32 Å². The number of nitrogens with one attached hydrogen (secondary N) is 1. The van der Waals surface area contributed by atoms with Crippen molar-refractivity contribution in [2.24, 2.45) is 0 Å². The van der Waals surface area contributed by atoms with Gasteiger partial charge in [0, 0.05) is 12.4 Å². The third kappa shape index (κ3) is 1.93. The summed E-state index contributed by atoms with van der Waals surface area (Å²) in [5, 5.41) is 0.759. The normalized spacial score (nSPS) is 26.7. The van der Waals surface area contributed by atoms with Crippen LogP contribution in [0.15, 0.2) is 18.5 Å². The average Bonchev–Trinajstić information content (AvgIpc) is 2.52. The molecule has 4 nitrogen and oxygen atoms in total. The van der Waals surface area contributed by atoms with E-state index in [2.05, 4.69) is 9.97 Å². The Morgan fingerprint density at radius 2 is 1.04 bits per heavy atom. The van der Waals surface area contributed by atoms with Crippen molar-refractivity contribution in [1.82, 2.24) is 9.97 Å². The number of carbonyl (C=O) groups is 1. The zero-order valence-electron chi connectivity index (χ0n) is 11.7. The molecular formula is C11H4F11N3O. The summed E-state index contributed by atoms with van der Waals surface area (Å²) in [6, 6.07) is 1.02. The summed E-state index contributed by atoms with van der Waals surface area (Å²) in [6.07, 6.45) is 1.48. The minimum atomic E-state index is -7.38. The van der Waals surface area contributed by atoms with Gasteiger partial charge in [-0.05, 0) is 6.07 Å². The SMILES string of the molecule is O=C(Nc1ncccn1)C1(F)C(F)(F)C(F)(F)C(F)(F)C(F)(F)C1(F)F. The predicted molar refractivity (Wildman–Crippen MR) is 59.2 cm³/mol. The summed E-state index contributed by atoms with van der Waals surface area (Å²) in [5.41, 5.74) is -6.77. The van der Waals surface area contributed by atoms with Crippen LogP contribution >= 0.6 is 0 Å². The summed E-state index contributed by atoms with van der Waals surface area (Å²) in [5.74, 6) is -41.3.